The zero-order valence-electron chi connectivity index (χ0n) is 13.3. The maximum Gasteiger partial charge on any atom is 0.268 e. The van der Waals surface area contributed by atoms with Crippen LogP contribution in [0.4, 0.5) is 4.39 Å². The Labute approximate surface area is 143 Å². The van der Waals surface area contributed by atoms with Gasteiger partial charge in [-0.1, -0.05) is 4.49 Å². The molecule has 126 valence electrons. The Hall–Kier alpha value is -2.02. The molecule has 4 rings (SSSR count). The van der Waals surface area contributed by atoms with Gasteiger partial charge in [0.05, 0.1) is 11.7 Å². The molecule has 1 aliphatic carbocycles. The van der Waals surface area contributed by atoms with Crippen LogP contribution in [0.15, 0.2) is 24.3 Å². The number of carbonyl (C=O) groups is 1. The molecule has 0 radical (unpaired) electrons. The molecule has 1 saturated heterocycles. The topological polar surface area (TPSA) is 55.3 Å². The van der Waals surface area contributed by atoms with E-state index in [0.29, 0.717) is 28.8 Å². The van der Waals surface area contributed by atoms with Gasteiger partial charge in [-0.3, -0.25) is 4.79 Å². The Morgan fingerprint density at radius 3 is 2.88 bits per heavy atom. The summed E-state index contributed by atoms with van der Waals surface area (Å²) in [6.45, 7) is 2.25. The highest BCUT2D eigenvalue weighted by Gasteiger charge is 2.49. The molecule has 1 aliphatic heterocycles. The lowest BCUT2D eigenvalue weighted by atomic mass is 9.99. The van der Waals surface area contributed by atoms with E-state index in [1.807, 2.05) is 11.8 Å². The molecule has 1 amide bonds. The molecule has 0 N–H and O–H groups in total. The summed E-state index contributed by atoms with van der Waals surface area (Å²) in [6, 6.07) is 6.34. The number of benzene rings is 1. The van der Waals surface area contributed by atoms with E-state index in [4.69, 9.17) is 4.74 Å². The van der Waals surface area contributed by atoms with Gasteiger partial charge in [-0.2, -0.15) is 0 Å². The summed E-state index contributed by atoms with van der Waals surface area (Å²) in [7, 11) is 0. The molecule has 24 heavy (non-hydrogen) atoms. The fraction of sp³-hybridized carbons (Fsp3) is 0.471. The predicted molar refractivity (Wildman–Crippen MR) is 87.6 cm³/mol. The van der Waals surface area contributed by atoms with Gasteiger partial charge >= 0.3 is 0 Å². The number of ether oxygens (including phenoxy) is 1. The number of rotatable bonds is 4. The minimum Gasteiger partial charge on any atom is -0.491 e. The second-order valence-electron chi connectivity index (χ2n) is 6.46. The van der Waals surface area contributed by atoms with Gasteiger partial charge < -0.3 is 9.64 Å². The van der Waals surface area contributed by atoms with Crippen molar-refractivity contribution >= 4 is 17.4 Å². The summed E-state index contributed by atoms with van der Waals surface area (Å²) in [5.74, 6) is 0.831. The quantitative estimate of drug-likeness (QED) is 0.853. The number of likely N-dealkylation sites (tertiary alicyclic amines) is 1. The number of aryl methyl sites for hydroxylation is 1. The molecule has 2 bridgehead atoms. The Morgan fingerprint density at radius 2 is 2.17 bits per heavy atom. The molecule has 2 aromatic rings. The van der Waals surface area contributed by atoms with Gasteiger partial charge in [0.25, 0.3) is 5.91 Å². The molecule has 0 unspecified atom stereocenters. The molecule has 2 heterocycles. The van der Waals surface area contributed by atoms with Gasteiger partial charge in [0, 0.05) is 6.04 Å². The molecule has 0 spiro atoms. The van der Waals surface area contributed by atoms with Crippen molar-refractivity contribution in [2.24, 2.45) is 5.92 Å². The van der Waals surface area contributed by atoms with Crippen LogP contribution in [0.1, 0.15) is 34.6 Å². The third-order valence-corrected chi connectivity index (χ3v) is 5.87. The van der Waals surface area contributed by atoms with E-state index in [0.717, 1.165) is 30.8 Å². The van der Waals surface area contributed by atoms with Crippen LogP contribution in [0.5, 0.6) is 5.75 Å². The zero-order valence-corrected chi connectivity index (χ0v) is 14.1. The maximum absolute atomic E-state index is 13.0. The van der Waals surface area contributed by atoms with Crippen LogP contribution < -0.4 is 4.74 Å². The van der Waals surface area contributed by atoms with E-state index in [1.54, 1.807) is 12.1 Å². The number of carbonyl (C=O) groups excluding carboxylic acids is 1. The Kier molecular flexibility index (Phi) is 3.96. The van der Waals surface area contributed by atoms with Crippen molar-refractivity contribution in [2.75, 3.05) is 6.61 Å². The Bertz CT molecular complexity index is 749. The number of hydrogen-bond acceptors (Lipinski definition) is 5. The van der Waals surface area contributed by atoms with Crippen molar-refractivity contribution < 1.29 is 13.9 Å². The lowest BCUT2D eigenvalue weighted by Gasteiger charge is -2.34. The number of piperidine rings is 1. The first kappa shape index (κ1) is 15.5. The van der Waals surface area contributed by atoms with E-state index in [2.05, 4.69) is 9.59 Å². The van der Waals surface area contributed by atoms with Gasteiger partial charge in [0.2, 0.25) is 0 Å². The van der Waals surface area contributed by atoms with Gasteiger partial charge in [0.1, 0.15) is 23.1 Å². The van der Waals surface area contributed by atoms with Crippen LogP contribution in [0, 0.1) is 18.7 Å². The number of fused-ring (bicyclic) bond motifs is 2. The molecular formula is C17H18FN3O2S. The first-order valence-electron chi connectivity index (χ1n) is 8.13. The first-order chi connectivity index (χ1) is 11.6. The van der Waals surface area contributed by atoms with Crippen LogP contribution in [0.3, 0.4) is 0 Å². The third-order valence-electron chi connectivity index (χ3n) is 5.06. The largest absolute Gasteiger partial charge is 0.491 e. The summed E-state index contributed by atoms with van der Waals surface area (Å²) in [5, 5.41) is 3.95. The summed E-state index contributed by atoms with van der Waals surface area (Å²) >= 11 is 1.16. The number of halogens is 1. The highest BCUT2D eigenvalue weighted by molar-refractivity contribution is 7.07. The lowest BCUT2D eigenvalue weighted by molar-refractivity contribution is 0.0509. The average Bonchev–Trinajstić information content (AvgIpc) is 3.29. The SMILES string of the molecule is Cc1nnsc1C(=O)N1[C@H]2CC[C@@H](C2)[C@H]1COc1ccc(F)cc1. The first-order valence-corrected chi connectivity index (χ1v) is 8.91. The summed E-state index contributed by atoms with van der Waals surface area (Å²) in [6.07, 6.45) is 3.22. The van der Waals surface area contributed by atoms with Crippen molar-refractivity contribution in [1.82, 2.24) is 14.5 Å². The van der Waals surface area contributed by atoms with Crippen LogP contribution >= 0.6 is 11.5 Å². The minimum atomic E-state index is -0.285. The molecule has 1 aromatic heterocycles. The van der Waals surface area contributed by atoms with Crippen LogP contribution in [0.25, 0.3) is 0 Å². The maximum atomic E-state index is 13.0. The van der Waals surface area contributed by atoms with Gasteiger partial charge in [-0.05, 0) is 67.9 Å². The predicted octanol–water partition coefficient (Wildman–Crippen LogP) is 3.06. The summed E-state index contributed by atoms with van der Waals surface area (Å²) in [5.41, 5.74) is 0.686. The fourth-order valence-corrected chi connectivity index (χ4v) is 4.48. The lowest BCUT2D eigenvalue weighted by Crippen LogP contribution is -2.47. The molecule has 5 nitrogen and oxygen atoms in total. The standard InChI is InChI=1S/C17H18FN3O2S/c1-10-16(24-20-19-10)17(22)21-13-5-2-11(8-13)15(21)9-23-14-6-3-12(18)4-7-14/h3-4,6-7,11,13,15H,2,5,8-9H2,1H3/t11-,13-,15+/m0/s1. The van der Waals surface area contributed by atoms with E-state index >= 15 is 0 Å². The van der Waals surface area contributed by atoms with Gasteiger partial charge in [-0.25, -0.2) is 4.39 Å². The molecule has 1 saturated carbocycles. The van der Waals surface area contributed by atoms with Crippen molar-refractivity contribution in [3.8, 4) is 5.75 Å². The van der Waals surface area contributed by atoms with Crippen molar-refractivity contribution in [3.05, 3.63) is 40.7 Å². The van der Waals surface area contributed by atoms with Crippen LogP contribution in [-0.2, 0) is 0 Å². The Balaban J connectivity index is 1.51. The molecule has 2 fully saturated rings. The van der Waals surface area contributed by atoms with E-state index < -0.39 is 0 Å². The summed E-state index contributed by atoms with van der Waals surface area (Å²) < 4.78 is 22.7. The Morgan fingerprint density at radius 1 is 1.38 bits per heavy atom. The molecule has 7 heteroatoms. The second kappa shape index (κ2) is 6.12. The molecule has 3 atom stereocenters. The fourth-order valence-electron chi connectivity index (χ4n) is 3.88. The molecular weight excluding hydrogens is 329 g/mol. The normalized spacial score (nSPS) is 25.2. The monoisotopic (exact) mass is 347 g/mol. The highest BCUT2D eigenvalue weighted by Crippen LogP contribution is 2.43. The zero-order chi connectivity index (χ0) is 16.7. The van der Waals surface area contributed by atoms with Crippen LogP contribution in [0.2, 0.25) is 0 Å². The smallest absolute Gasteiger partial charge is 0.268 e. The van der Waals surface area contributed by atoms with Crippen molar-refractivity contribution in [1.29, 1.82) is 0 Å². The number of amides is 1. The average molecular weight is 347 g/mol. The van der Waals surface area contributed by atoms with E-state index in [-0.39, 0.29) is 23.8 Å². The van der Waals surface area contributed by atoms with E-state index in [9.17, 15) is 9.18 Å². The molecule has 2 aliphatic rings. The number of hydrogen-bond donors (Lipinski definition) is 0. The molecule has 1 aromatic carbocycles. The van der Waals surface area contributed by atoms with Crippen molar-refractivity contribution in [3.63, 3.8) is 0 Å². The van der Waals surface area contributed by atoms with Crippen LogP contribution in [-0.4, -0.2) is 39.1 Å². The number of aromatic nitrogens is 2. The van der Waals surface area contributed by atoms with Crippen molar-refractivity contribution in [2.45, 2.75) is 38.3 Å². The number of nitrogens with zero attached hydrogens (tertiary/aromatic N) is 3. The van der Waals surface area contributed by atoms with Gasteiger partial charge in [-0.15, -0.1) is 5.10 Å². The highest BCUT2D eigenvalue weighted by atomic mass is 32.1. The van der Waals surface area contributed by atoms with E-state index in [1.165, 1.54) is 12.1 Å². The summed E-state index contributed by atoms with van der Waals surface area (Å²) in [4.78, 5) is 15.5. The third kappa shape index (κ3) is 2.66. The minimum absolute atomic E-state index is 0.0161. The second-order valence-corrected chi connectivity index (χ2v) is 7.21. The van der Waals surface area contributed by atoms with Gasteiger partial charge in [0.15, 0.2) is 0 Å².